The Balaban J connectivity index is 0.000000351. The lowest BCUT2D eigenvalue weighted by atomic mass is 10.3. The summed E-state index contributed by atoms with van der Waals surface area (Å²) in [6, 6.07) is 14.7. The van der Waals surface area contributed by atoms with Gasteiger partial charge >= 0.3 is 175 Å². The van der Waals surface area contributed by atoms with Gasteiger partial charge in [-0.1, -0.05) is 50.2 Å². The van der Waals surface area contributed by atoms with Crippen molar-refractivity contribution in [1.29, 1.82) is 0 Å². The summed E-state index contributed by atoms with van der Waals surface area (Å²) in [5, 5.41) is 17.6. The van der Waals surface area contributed by atoms with Gasteiger partial charge in [0.1, 0.15) is 13.1 Å². The number of nitrogens with zero attached hydrogens (tertiary/aromatic N) is 22. The smallest absolute Gasteiger partial charge is 0.310 e. The van der Waals surface area contributed by atoms with Gasteiger partial charge in [0.05, 0.1) is 0 Å². The molecule has 2 aromatic rings. The van der Waals surface area contributed by atoms with Crippen molar-refractivity contribution in [3.05, 3.63) is 60.7 Å². The standard InChI is InChI=1S/C7H8F5N4P3.C6H6F5N4P3.C3H7F7N5P3.C3H10F4N5P3.C3H12F3N6P3.C2H3F8N4P3.C2H6F5N4P3/c1-16(7-5-3-2-4-6-7)19(12)14-17(8,9)13-18(10,11)15-19;7-16(8)13-17(9,10)15-18(11,14-16)12-6-4-2-1-3-5-6;1-11-17(9)13-16(7,8)14-18(10,15-17)12-2-3(4,5)6;1-3-9-15(7)11-13(4,5)10-14(6,8-2)12-15;1-7-13(4)10-14(5,8-2)12-15(6,9-3)11-13;3-2(4,5)1-11-17(10)13-15(6,7)12-16(8,9)14-17;1-2-8-14(7)10-12(3,4)9-13(5,6)11-14/h2-6H,1H3;1-5,12H;11-12H,2H2,1H3;8-9H,3H2,1-2H3;7-9H,1-3H3;11H,1H2;8H,2H2,1H3. The van der Waals surface area contributed by atoms with Crippen molar-refractivity contribution >= 4 is 174 Å². The van der Waals surface area contributed by atoms with Crippen LogP contribution in [-0.4, -0.2) is 80.8 Å². The number of hydrogen-bond acceptors (Lipinski definition) is 32. The third-order valence-electron chi connectivity index (χ3n) is 10.4. The minimum absolute atomic E-state index is 0.0427. The van der Waals surface area contributed by atoms with Gasteiger partial charge in [0.15, 0.2) is 0 Å². The zero-order chi connectivity index (χ0) is 90.1. The second kappa shape index (κ2) is 40.5. The second-order valence-electron chi connectivity index (χ2n) is 19.6. The topological polar surface area (TPSA) is 383 Å². The molecule has 7 aliphatic heterocycles. The van der Waals surface area contributed by atoms with Crippen molar-refractivity contribution in [3.8, 4) is 0 Å². The normalized spacial score (nSPS) is 33.9. The minimum Gasteiger partial charge on any atom is -0.310 e. The van der Waals surface area contributed by atoms with Crippen LogP contribution in [-0.2, 0) is 0 Å². The van der Waals surface area contributed by atoms with E-state index in [1.54, 1.807) is 21.7 Å². The lowest BCUT2D eigenvalue weighted by molar-refractivity contribution is -0.122. The molecule has 680 valence electrons. The van der Waals surface area contributed by atoms with Crippen LogP contribution in [0.2, 0.25) is 0 Å². The Bertz CT molecular complexity index is 5110. The number of rotatable bonds is 17. The molecule has 0 bridgehead atoms. The molecule has 8 atom stereocenters. The monoisotopic (exact) mass is 2170 g/mol. The lowest BCUT2D eigenvalue weighted by Gasteiger charge is -2.26. The Labute approximate surface area is 633 Å². The first kappa shape index (κ1) is 110. The van der Waals surface area contributed by atoms with Gasteiger partial charge < -0.3 is 5.09 Å². The summed E-state index contributed by atoms with van der Waals surface area (Å²) in [6.45, 7) is -1.20. The molecular weight excluding hydrogens is 2110 g/mol. The molecule has 0 saturated heterocycles. The highest BCUT2D eigenvalue weighted by molar-refractivity contribution is 7.84. The minimum atomic E-state index is -5.96. The second-order valence-corrected chi connectivity index (χ2v) is 59.5. The number of benzene rings is 2. The summed E-state index contributed by atoms with van der Waals surface area (Å²) in [7, 11) is -100.0. The third kappa shape index (κ3) is 38.6. The molecule has 9 rings (SSSR count). The van der Waals surface area contributed by atoms with Crippen molar-refractivity contribution < 1.29 is 156 Å². The van der Waals surface area contributed by atoms with E-state index in [0.29, 0.717) is 4.67 Å². The Hall–Kier alpha value is -0.0800. The average Bonchev–Trinajstić information content (AvgIpc) is 0.779. The van der Waals surface area contributed by atoms with Crippen LogP contribution < -0.4 is 55.5 Å². The molecule has 0 fully saturated rings. The van der Waals surface area contributed by atoms with E-state index in [4.69, 9.17) is 0 Å². The molecule has 0 spiro atoms. The molecule has 0 aromatic heterocycles. The van der Waals surface area contributed by atoms with Crippen molar-refractivity contribution in [2.45, 2.75) is 26.2 Å². The molecule has 116 heavy (non-hydrogen) atoms. The number of hydrogen-bond donors (Lipinski definition) is 10. The Morgan fingerprint density at radius 2 is 0.474 bits per heavy atom. The zero-order valence-electron chi connectivity index (χ0n) is 56.8. The molecule has 0 amide bonds. The van der Waals surface area contributed by atoms with Crippen molar-refractivity contribution in [1.82, 2.24) is 45.8 Å². The molecule has 2 aromatic carbocycles. The van der Waals surface area contributed by atoms with Crippen molar-refractivity contribution in [2.75, 3.05) is 78.2 Å². The van der Waals surface area contributed by atoms with E-state index in [-0.39, 0.29) is 24.5 Å². The summed E-state index contributed by atoms with van der Waals surface area (Å²) < 4.78 is 529. The van der Waals surface area contributed by atoms with Gasteiger partial charge in [-0.2, -0.15) is 95.1 Å². The first-order valence-electron chi connectivity index (χ1n) is 28.0. The van der Waals surface area contributed by atoms with Crippen LogP contribution in [0.25, 0.3) is 0 Å². The van der Waals surface area contributed by atoms with E-state index in [2.05, 4.69) is 88.1 Å². The number of nitrogens with one attached hydrogen (secondary N) is 10. The highest BCUT2D eigenvalue weighted by Gasteiger charge is 2.47. The highest BCUT2D eigenvalue weighted by atomic mass is 31.3. The third-order valence-corrected chi connectivity index (χ3v) is 55.4. The number of para-hydroxylation sites is 2. The molecule has 10 N–H and O–H groups in total. The maximum absolute atomic E-state index is 14.4. The predicted molar refractivity (Wildman–Crippen MR) is 396 cm³/mol. The van der Waals surface area contributed by atoms with Gasteiger partial charge in [-0.25, -0.2) is 45.8 Å². The van der Waals surface area contributed by atoms with Gasteiger partial charge in [0.25, 0.3) is 0 Å². The fraction of sp³-hybridized carbons (Fsp3) is 0.538. The summed E-state index contributed by atoms with van der Waals surface area (Å²) in [6.07, 6.45) is -9.82. The van der Waals surface area contributed by atoms with Crippen LogP contribution in [0.5, 0.6) is 0 Å². The molecule has 90 heteroatoms. The number of anilines is 2. The van der Waals surface area contributed by atoms with Crippen LogP contribution in [0.4, 0.5) is 168 Å². The average molecular weight is 2170 g/mol. The Kier molecular flexibility index (Phi) is 38.4. The van der Waals surface area contributed by atoms with Gasteiger partial charge in [0, 0.05) is 31.5 Å². The first-order chi connectivity index (χ1) is 51.8. The first-order valence-corrected chi connectivity index (χ1v) is 60.1. The fourth-order valence-electron chi connectivity index (χ4n) is 6.49. The van der Waals surface area contributed by atoms with E-state index < -0.39 is 188 Å². The predicted octanol–water partition coefficient (Wildman–Crippen LogP) is 37.8. The Morgan fingerprint density at radius 1 is 0.259 bits per heavy atom. The number of alkyl halides is 6. The molecule has 8 unspecified atom stereocenters. The maximum atomic E-state index is 14.4. The largest absolute Gasteiger partial charge is 0.424 e. The SMILES string of the molecule is CCNP1(F)=NP(F)(F)=NP(F)(F)=N1.CCNP1(F)=NP(F)(F)=NP(F)(NC)=N1.CN(c1ccccc1)P1(F)=NP(F)(F)=NP(F)(F)=N1.CNP1(F)=NP(F)(NC)=NP(F)(NC)=N1.CNP1(F)=NP(F)(NCC(F)(F)F)=NP(F)(F)=N1.FC(F)(F)CNP1(F)=NP(F)(F)=NP(F)(F)=N1.FP1(F)=NP(F)(F)=NP(F)(Nc2ccccc2)=N1. The van der Waals surface area contributed by atoms with Crippen LogP contribution in [0.1, 0.15) is 13.8 Å². The molecule has 7 heterocycles. The van der Waals surface area contributed by atoms with Crippen LogP contribution in [0.15, 0.2) is 155 Å². The Morgan fingerprint density at radius 3 is 0.759 bits per heavy atom. The van der Waals surface area contributed by atoms with E-state index in [9.17, 15) is 156 Å². The highest BCUT2D eigenvalue weighted by Crippen LogP contribution is 2.87. The van der Waals surface area contributed by atoms with Crippen LogP contribution in [0.3, 0.4) is 0 Å². The van der Waals surface area contributed by atoms with Gasteiger partial charge in [-0.3, -0.25) is 4.67 Å². The van der Waals surface area contributed by atoms with E-state index in [0.717, 1.165) is 31.3 Å². The van der Waals surface area contributed by atoms with E-state index >= 15 is 0 Å². The van der Waals surface area contributed by atoms with E-state index in [1.165, 1.54) is 83.5 Å². The van der Waals surface area contributed by atoms with Crippen LogP contribution >= 0.6 is 163 Å². The molecule has 0 aliphatic carbocycles. The summed E-state index contributed by atoms with van der Waals surface area (Å²) in [5.74, 6) is 0. The number of halogens is 37. The lowest BCUT2D eigenvalue weighted by Crippen LogP contribution is -2.25. The molecular formula is C26H52F37N32P21. The van der Waals surface area contributed by atoms with Gasteiger partial charge in [-0.15, -0.1) is 156 Å². The summed E-state index contributed by atoms with van der Waals surface area (Å²) in [5.41, 5.74) is 0.204. The van der Waals surface area contributed by atoms with Gasteiger partial charge in [0.2, 0.25) is 0 Å². The molecule has 0 radical (unpaired) electrons. The summed E-state index contributed by atoms with van der Waals surface area (Å²) >= 11 is 0. The quantitative estimate of drug-likeness (QED) is 0.0524. The van der Waals surface area contributed by atoms with E-state index in [1.807, 2.05) is 37.8 Å². The van der Waals surface area contributed by atoms with Crippen molar-refractivity contribution in [2.24, 2.45) is 94.8 Å². The van der Waals surface area contributed by atoms with Crippen LogP contribution in [0, 0.1) is 0 Å². The molecule has 7 aliphatic rings. The maximum Gasteiger partial charge on any atom is 0.424 e. The fourth-order valence-corrected chi connectivity index (χ4v) is 49.7. The van der Waals surface area contributed by atoms with Gasteiger partial charge in [-0.05, 0) is 59.5 Å². The van der Waals surface area contributed by atoms with Crippen molar-refractivity contribution in [3.63, 3.8) is 0 Å². The zero-order valence-corrected chi connectivity index (χ0v) is 75.6. The molecule has 0 saturated carbocycles. The molecule has 32 nitrogen and oxygen atoms in total. The summed E-state index contributed by atoms with van der Waals surface area (Å²) in [4.78, 5) is 0.